The Hall–Kier alpha value is -1.07. The van der Waals surface area contributed by atoms with E-state index in [1.165, 1.54) is 6.26 Å². The first kappa shape index (κ1) is 12.4. The van der Waals surface area contributed by atoms with Crippen molar-refractivity contribution in [2.75, 3.05) is 37.3 Å². The van der Waals surface area contributed by atoms with E-state index in [-0.39, 0.29) is 0 Å². The van der Waals surface area contributed by atoms with Crippen LogP contribution in [0.1, 0.15) is 6.42 Å². The minimum absolute atomic E-state index is 0.432. The minimum atomic E-state index is -3.16. The predicted octanol–water partition coefficient (Wildman–Crippen LogP) is 0.890. The fourth-order valence-electron chi connectivity index (χ4n) is 2.12. The van der Waals surface area contributed by atoms with Crippen LogP contribution >= 0.6 is 0 Å². The maximum atomic E-state index is 11.7. The number of benzene rings is 1. The minimum Gasteiger partial charge on any atom is -0.369 e. The lowest BCUT2D eigenvalue weighted by Crippen LogP contribution is -2.29. The average molecular weight is 254 g/mol. The molecule has 0 atom stereocenters. The first-order valence-corrected chi connectivity index (χ1v) is 7.73. The third-order valence-electron chi connectivity index (χ3n) is 2.95. The highest BCUT2D eigenvalue weighted by Gasteiger charge is 2.18. The Morgan fingerprint density at radius 1 is 1.18 bits per heavy atom. The van der Waals surface area contributed by atoms with Crippen molar-refractivity contribution < 1.29 is 8.42 Å². The highest BCUT2D eigenvalue weighted by molar-refractivity contribution is 7.90. The third-order valence-corrected chi connectivity index (χ3v) is 4.09. The lowest BCUT2D eigenvalue weighted by Gasteiger charge is -2.24. The van der Waals surface area contributed by atoms with Crippen LogP contribution in [0, 0.1) is 0 Å². The summed E-state index contributed by atoms with van der Waals surface area (Å²) >= 11 is 0. The Morgan fingerprint density at radius 2 is 1.94 bits per heavy atom. The normalized spacial score (nSPS) is 17.8. The van der Waals surface area contributed by atoms with E-state index in [9.17, 15) is 8.42 Å². The second kappa shape index (κ2) is 5.06. The van der Waals surface area contributed by atoms with Gasteiger partial charge in [0.15, 0.2) is 9.84 Å². The van der Waals surface area contributed by atoms with Gasteiger partial charge in [0.25, 0.3) is 0 Å². The molecule has 0 amide bonds. The highest BCUT2D eigenvalue weighted by atomic mass is 32.2. The topological polar surface area (TPSA) is 49.4 Å². The summed E-state index contributed by atoms with van der Waals surface area (Å²) in [5, 5.41) is 3.31. The zero-order chi connectivity index (χ0) is 12.3. The molecule has 0 radical (unpaired) electrons. The van der Waals surface area contributed by atoms with Crippen LogP contribution in [0.15, 0.2) is 29.2 Å². The standard InChI is InChI=1S/C12H18N2O2S/c1-17(15,16)12-6-3-2-5-11(12)14-9-4-7-13-8-10-14/h2-3,5-6,13H,4,7-10H2,1H3. The van der Waals surface area contributed by atoms with Crippen LogP contribution in [0.2, 0.25) is 0 Å². The van der Waals surface area contributed by atoms with E-state index in [1.807, 2.05) is 12.1 Å². The second-order valence-corrected chi connectivity index (χ2v) is 6.31. The van der Waals surface area contributed by atoms with Gasteiger partial charge in [0.05, 0.1) is 10.6 Å². The molecule has 5 heteroatoms. The van der Waals surface area contributed by atoms with Gasteiger partial charge in [0, 0.05) is 25.9 Å². The maximum Gasteiger partial charge on any atom is 0.177 e. The summed E-state index contributed by atoms with van der Waals surface area (Å²) in [4.78, 5) is 2.58. The molecular weight excluding hydrogens is 236 g/mol. The summed E-state index contributed by atoms with van der Waals surface area (Å²) < 4.78 is 23.5. The SMILES string of the molecule is CS(=O)(=O)c1ccccc1N1CCCNCC1. The van der Waals surface area contributed by atoms with Gasteiger partial charge in [0.1, 0.15) is 0 Å². The summed E-state index contributed by atoms with van der Waals surface area (Å²) in [5.41, 5.74) is 0.832. The van der Waals surface area contributed by atoms with E-state index in [0.717, 1.165) is 38.3 Å². The van der Waals surface area contributed by atoms with Crippen LogP contribution in [0.25, 0.3) is 0 Å². The molecule has 17 heavy (non-hydrogen) atoms. The molecule has 1 aromatic carbocycles. The van der Waals surface area contributed by atoms with Crippen molar-refractivity contribution in [3.63, 3.8) is 0 Å². The van der Waals surface area contributed by atoms with E-state index in [2.05, 4.69) is 10.2 Å². The Labute approximate surface area is 103 Å². The fraction of sp³-hybridized carbons (Fsp3) is 0.500. The zero-order valence-corrected chi connectivity index (χ0v) is 10.8. The molecule has 0 aromatic heterocycles. The van der Waals surface area contributed by atoms with Crippen molar-refractivity contribution in [2.24, 2.45) is 0 Å². The average Bonchev–Trinajstić information content (AvgIpc) is 2.56. The Morgan fingerprint density at radius 3 is 2.71 bits per heavy atom. The molecule has 0 spiro atoms. The van der Waals surface area contributed by atoms with E-state index < -0.39 is 9.84 Å². The molecule has 94 valence electrons. The second-order valence-electron chi connectivity index (χ2n) is 4.33. The van der Waals surface area contributed by atoms with Crippen LogP contribution in [0.4, 0.5) is 5.69 Å². The number of sulfone groups is 1. The smallest absolute Gasteiger partial charge is 0.177 e. The van der Waals surface area contributed by atoms with Crippen molar-refractivity contribution in [1.82, 2.24) is 5.32 Å². The number of hydrogen-bond donors (Lipinski definition) is 1. The largest absolute Gasteiger partial charge is 0.369 e. The number of rotatable bonds is 2. The van der Waals surface area contributed by atoms with E-state index >= 15 is 0 Å². The lowest BCUT2D eigenvalue weighted by molar-refractivity contribution is 0.601. The van der Waals surface area contributed by atoms with Crippen LogP contribution in [0.3, 0.4) is 0 Å². The van der Waals surface area contributed by atoms with Crippen LogP contribution in [-0.4, -0.2) is 40.9 Å². The number of hydrogen-bond acceptors (Lipinski definition) is 4. The number of para-hydroxylation sites is 1. The fourth-order valence-corrected chi connectivity index (χ4v) is 3.02. The number of nitrogens with one attached hydrogen (secondary N) is 1. The first-order valence-electron chi connectivity index (χ1n) is 5.84. The molecule has 0 aliphatic carbocycles. The van der Waals surface area contributed by atoms with Crippen molar-refractivity contribution in [2.45, 2.75) is 11.3 Å². The van der Waals surface area contributed by atoms with Gasteiger partial charge in [-0.05, 0) is 25.1 Å². The molecular formula is C12H18N2O2S. The van der Waals surface area contributed by atoms with Gasteiger partial charge in [-0.2, -0.15) is 0 Å². The van der Waals surface area contributed by atoms with E-state index in [0.29, 0.717) is 4.90 Å². The number of nitrogens with zero attached hydrogens (tertiary/aromatic N) is 1. The molecule has 1 N–H and O–H groups in total. The molecule has 1 aliphatic heterocycles. The van der Waals surface area contributed by atoms with Gasteiger partial charge < -0.3 is 10.2 Å². The van der Waals surface area contributed by atoms with Crippen LogP contribution < -0.4 is 10.2 Å². The van der Waals surface area contributed by atoms with Crippen LogP contribution in [-0.2, 0) is 9.84 Å². The van der Waals surface area contributed by atoms with Gasteiger partial charge in [0.2, 0.25) is 0 Å². The molecule has 1 aliphatic rings. The zero-order valence-electron chi connectivity index (χ0n) is 10.0. The van der Waals surface area contributed by atoms with Gasteiger partial charge in [-0.1, -0.05) is 12.1 Å². The van der Waals surface area contributed by atoms with Crippen LogP contribution in [0.5, 0.6) is 0 Å². The molecule has 1 aromatic rings. The Kier molecular flexibility index (Phi) is 3.69. The van der Waals surface area contributed by atoms with Crippen molar-refractivity contribution in [3.8, 4) is 0 Å². The molecule has 2 rings (SSSR count). The molecule has 0 unspecified atom stereocenters. The highest BCUT2D eigenvalue weighted by Crippen LogP contribution is 2.25. The van der Waals surface area contributed by atoms with Gasteiger partial charge in [-0.3, -0.25) is 0 Å². The summed E-state index contributed by atoms with van der Waals surface area (Å²) in [6.45, 7) is 3.65. The molecule has 0 bridgehead atoms. The summed E-state index contributed by atoms with van der Waals surface area (Å²) in [5.74, 6) is 0. The maximum absolute atomic E-state index is 11.7. The summed E-state index contributed by atoms with van der Waals surface area (Å²) in [6, 6.07) is 7.24. The molecule has 1 fully saturated rings. The first-order chi connectivity index (χ1) is 8.09. The van der Waals surface area contributed by atoms with E-state index in [1.54, 1.807) is 12.1 Å². The van der Waals surface area contributed by atoms with Crippen molar-refractivity contribution in [3.05, 3.63) is 24.3 Å². The summed E-state index contributed by atoms with van der Waals surface area (Å²) in [7, 11) is -3.16. The van der Waals surface area contributed by atoms with E-state index in [4.69, 9.17) is 0 Å². The number of anilines is 1. The van der Waals surface area contributed by atoms with Gasteiger partial charge >= 0.3 is 0 Å². The van der Waals surface area contributed by atoms with Crippen molar-refractivity contribution in [1.29, 1.82) is 0 Å². The monoisotopic (exact) mass is 254 g/mol. The van der Waals surface area contributed by atoms with Gasteiger partial charge in [-0.15, -0.1) is 0 Å². The van der Waals surface area contributed by atoms with Gasteiger partial charge in [-0.25, -0.2) is 8.42 Å². The Bertz CT molecular complexity index is 477. The molecule has 1 heterocycles. The quantitative estimate of drug-likeness (QED) is 0.851. The molecule has 4 nitrogen and oxygen atoms in total. The predicted molar refractivity (Wildman–Crippen MR) is 69.3 cm³/mol. The molecule has 0 saturated carbocycles. The van der Waals surface area contributed by atoms with Crippen molar-refractivity contribution >= 4 is 15.5 Å². The Balaban J connectivity index is 2.37. The summed E-state index contributed by atoms with van der Waals surface area (Å²) in [6.07, 6.45) is 2.31. The molecule has 1 saturated heterocycles. The lowest BCUT2D eigenvalue weighted by atomic mass is 10.2. The third kappa shape index (κ3) is 2.98.